The largest absolute Gasteiger partial charge is 0.508 e. The van der Waals surface area contributed by atoms with Gasteiger partial charge in [0.2, 0.25) is 0 Å². The molecule has 0 radical (unpaired) electrons. The first-order chi connectivity index (χ1) is 10.0. The first-order valence-electron chi connectivity index (χ1n) is 6.88. The van der Waals surface area contributed by atoms with Gasteiger partial charge in [0.1, 0.15) is 11.4 Å². The number of aromatic hydroxyl groups is 1. The van der Waals surface area contributed by atoms with E-state index in [1.807, 2.05) is 6.92 Å². The second-order valence-corrected chi connectivity index (χ2v) is 5.40. The van der Waals surface area contributed by atoms with E-state index >= 15 is 0 Å². The van der Waals surface area contributed by atoms with Crippen molar-refractivity contribution in [1.29, 1.82) is 0 Å². The van der Waals surface area contributed by atoms with Crippen molar-refractivity contribution in [2.45, 2.75) is 25.8 Å². The summed E-state index contributed by atoms with van der Waals surface area (Å²) in [6.45, 7) is 2.04. The lowest BCUT2D eigenvalue weighted by Gasteiger charge is -2.16. The molecule has 1 unspecified atom stereocenters. The Morgan fingerprint density at radius 3 is 2.86 bits per heavy atom. The van der Waals surface area contributed by atoms with Crippen molar-refractivity contribution in [2.75, 3.05) is 5.32 Å². The topological polar surface area (TPSA) is 75.4 Å². The van der Waals surface area contributed by atoms with Crippen LogP contribution in [0.3, 0.4) is 0 Å². The number of hydrogen-bond acceptors (Lipinski definition) is 4. The number of phenolic OH excluding ortho intramolecular Hbond substituents is 1. The third kappa shape index (κ3) is 2.54. The average Bonchev–Trinajstić information content (AvgIpc) is 2.83. The highest BCUT2D eigenvalue weighted by Crippen LogP contribution is 2.37. The molecular formula is C16H16N2O3. The molecule has 0 saturated heterocycles. The fourth-order valence-electron chi connectivity index (χ4n) is 2.85. The molecular weight excluding hydrogens is 268 g/mol. The van der Waals surface area contributed by atoms with E-state index in [-0.39, 0.29) is 17.5 Å². The van der Waals surface area contributed by atoms with Gasteiger partial charge in [0.15, 0.2) is 0 Å². The van der Waals surface area contributed by atoms with Crippen LogP contribution in [0.4, 0.5) is 11.4 Å². The highest BCUT2D eigenvalue weighted by molar-refractivity contribution is 5.65. The molecule has 0 saturated carbocycles. The van der Waals surface area contributed by atoms with Crippen LogP contribution in [0.2, 0.25) is 0 Å². The number of rotatable bonds is 3. The maximum absolute atomic E-state index is 11.1. The molecule has 5 heteroatoms. The normalized spacial score (nSPS) is 16.5. The molecule has 2 aromatic rings. The van der Waals surface area contributed by atoms with Gasteiger partial charge in [0, 0.05) is 0 Å². The van der Waals surface area contributed by atoms with E-state index in [0.29, 0.717) is 5.69 Å². The molecule has 1 atom stereocenters. The van der Waals surface area contributed by atoms with E-state index in [2.05, 4.69) is 23.5 Å². The van der Waals surface area contributed by atoms with Crippen LogP contribution < -0.4 is 5.32 Å². The van der Waals surface area contributed by atoms with Gasteiger partial charge in [-0.15, -0.1) is 0 Å². The molecule has 0 bridgehead atoms. The number of nitrogens with zero attached hydrogens (tertiary/aromatic N) is 1. The molecule has 2 N–H and O–H groups in total. The minimum atomic E-state index is -0.478. The Balaban J connectivity index is 1.93. The third-order valence-corrected chi connectivity index (χ3v) is 3.89. The van der Waals surface area contributed by atoms with E-state index in [9.17, 15) is 15.2 Å². The summed E-state index contributed by atoms with van der Waals surface area (Å²) in [5.41, 5.74) is 4.02. The Morgan fingerprint density at radius 2 is 2.10 bits per heavy atom. The third-order valence-electron chi connectivity index (χ3n) is 3.89. The van der Waals surface area contributed by atoms with Crippen LogP contribution >= 0.6 is 0 Å². The van der Waals surface area contributed by atoms with Gasteiger partial charge in [0.05, 0.1) is 17.0 Å². The van der Waals surface area contributed by atoms with E-state index in [1.165, 1.54) is 28.8 Å². The Labute approximate surface area is 122 Å². The number of fused-ring (bicyclic) bond motifs is 1. The maximum Gasteiger partial charge on any atom is 0.296 e. The summed E-state index contributed by atoms with van der Waals surface area (Å²) in [4.78, 5) is 10.6. The van der Waals surface area contributed by atoms with Crippen LogP contribution in [0.15, 0.2) is 36.4 Å². The van der Waals surface area contributed by atoms with Crippen molar-refractivity contribution in [3.8, 4) is 5.75 Å². The molecule has 0 heterocycles. The molecule has 0 amide bonds. The van der Waals surface area contributed by atoms with Gasteiger partial charge in [-0.1, -0.05) is 23.8 Å². The summed E-state index contributed by atoms with van der Waals surface area (Å²) in [5, 5.41) is 23.8. The number of nitro groups is 1. The predicted molar refractivity (Wildman–Crippen MR) is 80.6 cm³/mol. The maximum atomic E-state index is 11.1. The van der Waals surface area contributed by atoms with Gasteiger partial charge >= 0.3 is 0 Å². The number of nitro benzene ring substituents is 1. The van der Waals surface area contributed by atoms with Crippen molar-refractivity contribution in [1.82, 2.24) is 0 Å². The molecule has 1 aliphatic carbocycles. The fourth-order valence-corrected chi connectivity index (χ4v) is 2.85. The summed E-state index contributed by atoms with van der Waals surface area (Å²) in [6.07, 6.45) is 1.88. The van der Waals surface area contributed by atoms with Gasteiger partial charge in [-0.05, 0) is 43.0 Å². The molecule has 21 heavy (non-hydrogen) atoms. The molecule has 5 nitrogen and oxygen atoms in total. The second kappa shape index (κ2) is 5.09. The summed E-state index contributed by atoms with van der Waals surface area (Å²) in [6, 6.07) is 10.6. The molecule has 0 aliphatic heterocycles. The lowest BCUT2D eigenvalue weighted by atomic mass is 10.0. The number of phenols is 1. The highest BCUT2D eigenvalue weighted by atomic mass is 16.6. The monoisotopic (exact) mass is 284 g/mol. The van der Waals surface area contributed by atoms with Crippen molar-refractivity contribution in [3.05, 3.63) is 63.2 Å². The van der Waals surface area contributed by atoms with Crippen molar-refractivity contribution in [2.24, 2.45) is 0 Å². The Morgan fingerprint density at radius 1 is 1.29 bits per heavy atom. The number of benzene rings is 2. The van der Waals surface area contributed by atoms with Gasteiger partial charge in [0.25, 0.3) is 5.69 Å². The second-order valence-electron chi connectivity index (χ2n) is 5.40. The Kier molecular flexibility index (Phi) is 3.25. The van der Waals surface area contributed by atoms with Crippen molar-refractivity contribution >= 4 is 11.4 Å². The predicted octanol–water partition coefficient (Wildman–Crippen LogP) is 3.71. The van der Waals surface area contributed by atoms with E-state index in [0.717, 1.165) is 12.8 Å². The van der Waals surface area contributed by atoms with E-state index < -0.39 is 4.92 Å². The number of aryl methyl sites for hydroxylation is 2. The van der Waals surface area contributed by atoms with Crippen LogP contribution in [-0.2, 0) is 6.42 Å². The smallest absolute Gasteiger partial charge is 0.296 e. The zero-order valence-electron chi connectivity index (χ0n) is 11.7. The summed E-state index contributed by atoms with van der Waals surface area (Å²) in [7, 11) is 0. The lowest BCUT2D eigenvalue weighted by Crippen LogP contribution is -2.09. The first-order valence-corrected chi connectivity index (χ1v) is 6.88. The van der Waals surface area contributed by atoms with Crippen LogP contribution in [0, 0.1) is 17.0 Å². The first kappa shape index (κ1) is 13.4. The van der Waals surface area contributed by atoms with E-state index in [1.54, 1.807) is 6.07 Å². The summed E-state index contributed by atoms with van der Waals surface area (Å²) in [5.74, 6) is -0.102. The summed E-state index contributed by atoms with van der Waals surface area (Å²) < 4.78 is 0. The quantitative estimate of drug-likeness (QED) is 0.512. The number of nitrogens with one attached hydrogen (secondary N) is 1. The minimum Gasteiger partial charge on any atom is -0.508 e. The summed E-state index contributed by atoms with van der Waals surface area (Å²) >= 11 is 0. The average molecular weight is 284 g/mol. The van der Waals surface area contributed by atoms with Crippen LogP contribution in [0.5, 0.6) is 5.75 Å². The zero-order valence-corrected chi connectivity index (χ0v) is 11.7. The molecule has 108 valence electrons. The van der Waals surface area contributed by atoms with Crippen molar-refractivity contribution in [3.63, 3.8) is 0 Å². The van der Waals surface area contributed by atoms with E-state index in [4.69, 9.17) is 0 Å². The van der Waals surface area contributed by atoms with Gasteiger partial charge in [-0.2, -0.15) is 0 Å². The zero-order chi connectivity index (χ0) is 15.0. The van der Waals surface area contributed by atoms with Gasteiger partial charge < -0.3 is 10.4 Å². The highest BCUT2D eigenvalue weighted by Gasteiger charge is 2.25. The fraction of sp³-hybridized carbons (Fsp3) is 0.250. The minimum absolute atomic E-state index is 0.0724. The SMILES string of the molecule is Cc1ccc2c(c1)C(Nc1ccc(O)cc1[N+](=O)[O-])CC2. The molecule has 0 fully saturated rings. The standard InChI is InChI=1S/C16H16N2O3/c1-10-2-3-11-4-6-14(13(11)8-10)17-15-7-5-12(19)9-16(15)18(20)21/h2-3,5,7-9,14,17,19H,4,6H2,1H3. The molecule has 2 aromatic carbocycles. The molecule has 0 aromatic heterocycles. The molecule has 3 rings (SSSR count). The molecule has 1 aliphatic rings. The van der Waals surface area contributed by atoms with Gasteiger partial charge in [-0.3, -0.25) is 10.1 Å². The number of hydrogen-bond donors (Lipinski definition) is 2. The lowest BCUT2D eigenvalue weighted by molar-refractivity contribution is -0.384. The van der Waals surface area contributed by atoms with Crippen LogP contribution in [0.1, 0.15) is 29.2 Å². The molecule has 0 spiro atoms. The Hall–Kier alpha value is -2.56. The Bertz CT molecular complexity index is 713. The van der Waals surface area contributed by atoms with Crippen LogP contribution in [0.25, 0.3) is 0 Å². The van der Waals surface area contributed by atoms with Crippen LogP contribution in [-0.4, -0.2) is 10.0 Å². The number of anilines is 1. The van der Waals surface area contributed by atoms with Gasteiger partial charge in [-0.25, -0.2) is 0 Å². The van der Waals surface area contributed by atoms with Crippen molar-refractivity contribution < 1.29 is 10.0 Å².